The minimum Gasteiger partial charge on any atom is -0.378 e. The summed E-state index contributed by atoms with van der Waals surface area (Å²) >= 11 is 0. The van der Waals surface area contributed by atoms with Gasteiger partial charge in [-0.25, -0.2) is 0 Å². The van der Waals surface area contributed by atoms with E-state index in [1.807, 2.05) is 0 Å². The van der Waals surface area contributed by atoms with Crippen LogP contribution in [0.2, 0.25) is 0 Å². The molecule has 1 aliphatic heterocycles. The molecule has 16 heavy (non-hydrogen) atoms. The quantitative estimate of drug-likeness (QED) is 0.843. The monoisotopic (exact) mass is 219 g/mol. The van der Waals surface area contributed by atoms with Gasteiger partial charge in [-0.2, -0.15) is 0 Å². The van der Waals surface area contributed by atoms with Crippen LogP contribution in [0, 0.1) is 5.92 Å². The van der Waals surface area contributed by atoms with Gasteiger partial charge >= 0.3 is 0 Å². The van der Waals surface area contributed by atoms with Crippen LogP contribution < -0.4 is 5.32 Å². The van der Waals surface area contributed by atoms with Gasteiger partial charge in [0.05, 0.1) is 13.2 Å². The van der Waals surface area contributed by atoms with Gasteiger partial charge in [0, 0.05) is 18.5 Å². The predicted octanol–water partition coefficient (Wildman–Crippen LogP) is 2.41. The zero-order valence-corrected chi connectivity index (χ0v) is 10.1. The molecule has 0 radical (unpaired) electrons. The van der Waals surface area contributed by atoms with Crippen molar-refractivity contribution in [1.82, 2.24) is 5.32 Å². The Morgan fingerprint density at radius 1 is 1.25 bits per heavy atom. The van der Waals surface area contributed by atoms with Crippen LogP contribution in [0.4, 0.5) is 0 Å². The van der Waals surface area contributed by atoms with Gasteiger partial charge in [0.2, 0.25) is 0 Å². The van der Waals surface area contributed by atoms with E-state index in [-0.39, 0.29) is 0 Å². The smallest absolute Gasteiger partial charge is 0.0626 e. The molecule has 1 heterocycles. The SMILES string of the molecule is CC(C)C(c1ccccc1)C1COCCN1. The first-order chi connectivity index (χ1) is 7.79. The van der Waals surface area contributed by atoms with E-state index in [9.17, 15) is 0 Å². The fourth-order valence-corrected chi connectivity index (χ4v) is 2.57. The zero-order valence-electron chi connectivity index (χ0n) is 10.1. The number of hydrogen-bond acceptors (Lipinski definition) is 2. The first-order valence-electron chi connectivity index (χ1n) is 6.15. The molecule has 1 aliphatic rings. The van der Waals surface area contributed by atoms with E-state index in [1.54, 1.807) is 0 Å². The fourth-order valence-electron chi connectivity index (χ4n) is 2.57. The summed E-state index contributed by atoms with van der Waals surface area (Å²) in [6, 6.07) is 11.2. The molecule has 88 valence electrons. The Hall–Kier alpha value is -0.860. The molecule has 2 unspecified atom stereocenters. The largest absolute Gasteiger partial charge is 0.378 e. The number of benzene rings is 1. The van der Waals surface area contributed by atoms with Crippen molar-refractivity contribution in [1.29, 1.82) is 0 Å². The minimum absolute atomic E-state index is 0.455. The number of ether oxygens (including phenoxy) is 1. The first kappa shape index (κ1) is 11.6. The minimum atomic E-state index is 0.455. The highest BCUT2D eigenvalue weighted by molar-refractivity contribution is 5.22. The zero-order chi connectivity index (χ0) is 11.4. The third-order valence-electron chi connectivity index (χ3n) is 3.29. The number of rotatable bonds is 3. The summed E-state index contributed by atoms with van der Waals surface area (Å²) in [4.78, 5) is 0. The third kappa shape index (κ3) is 2.63. The van der Waals surface area contributed by atoms with Crippen LogP contribution in [0.3, 0.4) is 0 Å². The van der Waals surface area contributed by atoms with Crippen LogP contribution in [-0.4, -0.2) is 25.8 Å². The Morgan fingerprint density at radius 3 is 2.56 bits per heavy atom. The summed E-state index contributed by atoms with van der Waals surface area (Å²) in [6.07, 6.45) is 0. The van der Waals surface area contributed by atoms with Gasteiger partial charge in [-0.05, 0) is 11.5 Å². The maximum absolute atomic E-state index is 5.57. The molecule has 0 saturated carbocycles. The Morgan fingerprint density at radius 2 is 2.00 bits per heavy atom. The van der Waals surface area contributed by atoms with Gasteiger partial charge in [0.25, 0.3) is 0 Å². The van der Waals surface area contributed by atoms with Crippen LogP contribution >= 0.6 is 0 Å². The van der Waals surface area contributed by atoms with E-state index in [1.165, 1.54) is 5.56 Å². The summed E-state index contributed by atoms with van der Waals surface area (Å²) in [5.41, 5.74) is 1.42. The summed E-state index contributed by atoms with van der Waals surface area (Å²) in [5.74, 6) is 1.17. The lowest BCUT2D eigenvalue weighted by molar-refractivity contribution is 0.0619. The van der Waals surface area contributed by atoms with E-state index in [4.69, 9.17) is 4.74 Å². The molecule has 1 aromatic rings. The van der Waals surface area contributed by atoms with E-state index in [0.29, 0.717) is 17.9 Å². The van der Waals surface area contributed by atoms with Crippen LogP contribution in [0.1, 0.15) is 25.3 Å². The molecule has 2 heteroatoms. The van der Waals surface area contributed by atoms with Gasteiger partial charge in [-0.15, -0.1) is 0 Å². The molecule has 1 saturated heterocycles. The molecule has 0 aliphatic carbocycles. The van der Waals surface area contributed by atoms with Gasteiger partial charge < -0.3 is 10.1 Å². The average Bonchev–Trinajstić information content (AvgIpc) is 2.31. The lowest BCUT2D eigenvalue weighted by Crippen LogP contribution is -2.46. The third-order valence-corrected chi connectivity index (χ3v) is 3.29. The highest BCUT2D eigenvalue weighted by Gasteiger charge is 2.27. The standard InChI is InChI=1S/C14H21NO/c1-11(2)14(12-6-4-3-5-7-12)13-10-16-9-8-15-13/h3-7,11,13-15H,8-10H2,1-2H3. The Balaban J connectivity index is 2.16. The highest BCUT2D eigenvalue weighted by atomic mass is 16.5. The number of morpholine rings is 1. The second-order valence-electron chi connectivity index (χ2n) is 4.82. The van der Waals surface area contributed by atoms with Crippen molar-refractivity contribution in [2.75, 3.05) is 19.8 Å². The lowest BCUT2D eigenvalue weighted by Gasteiger charge is -2.34. The Kier molecular flexibility index (Phi) is 3.97. The van der Waals surface area contributed by atoms with Crippen LogP contribution in [0.5, 0.6) is 0 Å². The van der Waals surface area contributed by atoms with E-state index in [0.717, 1.165) is 19.8 Å². The summed E-state index contributed by atoms with van der Waals surface area (Å²) in [7, 11) is 0. The van der Waals surface area contributed by atoms with Crippen molar-refractivity contribution in [2.45, 2.75) is 25.8 Å². The van der Waals surface area contributed by atoms with Gasteiger partial charge in [-0.3, -0.25) is 0 Å². The normalized spacial score (nSPS) is 23.3. The molecule has 1 aromatic carbocycles. The van der Waals surface area contributed by atoms with E-state index < -0.39 is 0 Å². The van der Waals surface area contributed by atoms with Gasteiger partial charge in [0.1, 0.15) is 0 Å². The molecular weight excluding hydrogens is 198 g/mol. The molecular formula is C14H21NO. The van der Waals surface area contributed by atoms with Crippen molar-refractivity contribution < 1.29 is 4.74 Å². The summed E-state index contributed by atoms with van der Waals surface area (Å²) < 4.78 is 5.57. The van der Waals surface area contributed by atoms with Crippen LogP contribution in [0.25, 0.3) is 0 Å². The second-order valence-corrected chi connectivity index (χ2v) is 4.82. The predicted molar refractivity (Wildman–Crippen MR) is 66.6 cm³/mol. The number of nitrogens with one attached hydrogen (secondary N) is 1. The molecule has 0 aromatic heterocycles. The highest BCUT2D eigenvalue weighted by Crippen LogP contribution is 2.28. The molecule has 1 N–H and O–H groups in total. The van der Waals surface area contributed by atoms with Crippen molar-refractivity contribution >= 4 is 0 Å². The second kappa shape index (κ2) is 5.46. The molecule has 0 bridgehead atoms. The summed E-state index contributed by atoms with van der Waals surface area (Å²) in [5, 5.41) is 3.57. The maximum Gasteiger partial charge on any atom is 0.0626 e. The molecule has 2 rings (SSSR count). The number of hydrogen-bond donors (Lipinski definition) is 1. The molecule has 0 spiro atoms. The van der Waals surface area contributed by atoms with Gasteiger partial charge in [0.15, 0.2) is 0 Å². The maximum atomic E-state index is 5.57. The van der Waals surface area contributed by atoms with E-state index >= 15 is 0 Å². The first-order valence-corrected chi connectivity index (χ1v) is 6.15. The topological polar surface area (TPSA) is 21.3 Å². The lowest BCUT2D eigenvalue weighted by atomic mass is 9.82. The Labute approximate surface area is 98.0 Å². The van der Waals surface area contributed by atoms with Crippen molar-refractivity contribution in [2.24, 2.45) is 5.92 Å². The Bertz CT molecular complexity index is 304. The van der Waals surface area contributed by atoms with Crippen LogP contribution in [0.15, 0.2) is 30.3 Å². The molecule has 1 fully saturated rings. The fraction of sp³-hybridized carbons (Fsp3) is 0.571. The average molecular weight is 219 g/mol. The van der Waals surface area contributed by atoms with Crippen LogP contribution in [-0.2, 0) is 4.74 Å². The van der Waals surface area contributed by atoms with E-state index in [2.05, 4.69) is 49.5 Å². The molecule has 2 atom stereocenters. The van der Waals surface area contributed by atoms with Crippen molar-refractivity contribution in [3.8, 4) is 0 Å². The van der Waals surface area contributed by atoms with Crippen molar-refractivity contribution in [3.05, 3.63) is 35.9 Å². The molecule has 0 amide bonds. The molecule has 2 nitrogen and oxygen atoms in total. The van der Waals surface area contributed by atoms with Crippen molar-refractivity contribution in [3.63, 3.8) is 0 Å². The van der Waals surface area contributed by atoms with Gasteiger partial charge in [-0.1, -0.05) is 44.2 Å². The summed E-state index contributed by atoms with van der Waals surface area (Å²) in [6.45, 7) is 7.22.